The van der Waals surface area contributed by atoms with Crippen molar-refractivity contribution in [3.63, 3.8) is 0 Å². The van der Waals surface area contributed by atoms with E-state index in [1.165, 1.54) is 18.2 Å². The number of halogens is 1. The van der Waals surface area contributed by atoms with Gasteiger partial charge in [-0.2, -0.15) is 0 Å². The van der Waals surface area contributed by atoms with Gasteiger partial charge in [0.15, 0.2) is 5.78 Å². The molecule has 1 aromatic carbocycles. The van der Waals surface area contributed by atoms with Crippen LogP contribution in [0.25, 0.3) is 0 Å². The summed E-state index contributed by atoms with van der Waals surface area (Å²) in [5.74, 6) is -0.106. The van der Waals surface area contributed by atoms with Gasteiger partial charge in [-0.05, 0) is 18.2 Å². The van der Waals surface area contributed by atoms with Crippen LogP contribution in [0, 0.1) is 5.82 Å². The molecule has 2 heterocycles. The van der Waals surface area contributed by atoms with Gasteiger partial charge in [0, 0.05) is 7.05 Å². The number of Topliss-reactive ketones (excluding diaryl/α,β-unsaturated/α-hetero) is 1. The van der Waals surface area contributed by atoms with E-state index in [1.807, 2.05) is 11.6 Å². The number of hydrogen-bond donors (Lipinski definition) is 0. The van der Waals surface area contributed by atoms with Gasteiger partial charge in [0.25, 0.3) is 0 Å². The van der Waals surface area contributed by atoms with Crippen LogP contribution in [-0.2, 0) is 7.05 Å². The predicted octanol–water partition coefficient (Wildman–Crippen LogP) is 2.27. The average Bonchev–Trinajstić information content (AvgIpc) is 2.76. The minimum Gasteiger partial charge on any atom is -0.483 e. The molecular formula is C13H11FN2O2. The van der Waals surface area contributed by atoms with Crippen LogP contribution in [0.4, 0.5) is 4.39 Å². The Morgan fingerprint density at radius 3 is 3.06 bits per heavy atom. The fourth-order valence-corrected chi connectivity index (χ4v) is 2.14. The van der Waals surface area contributed by atoms with E-state index in [9.17, 15) is 9.18 Å². The van der Waals surface area contributed by atoms with Crippen molar-refractivity contribution < 1.29 is 13.9 Å². The Morgan fingerprint density at radius 1 is 1.50 bits per heavy atom. The Hall–Kier alpha value is -2.17. The summed E-state index contributed by atoms with van der Waals surface area (Å²) in [7, 11) is 1.84. The van der Waals surface area contributed by atoms with Gasteiger partial charge in [0.2, 0.25) is 0 Å². The Balaban J connectivity index is 2.00. The second-order valence-corrected chi connectivity index (χ2v) is 4.30. The number of ether oxygens (including phenoxy) is 1. The lowest BCUT2D eigenvalue weighted by atomic mass is 9.99. The summed E-state index contributed by atoms with van der Waals surface area (Å²) in [5.41, 5.74) is 1.15. The summed E-state index contributed by atoms with van der Waals surface area (Å²) in [6, 6.07) is 4.00. The molecule has 1 aromatic heterocycles. The summed E-state index contributed by atoms with van der Waals surface area (Å²) in [6.07, 6.45) is 3.18. The van der Waals surface area contributed by atoms with E-state index in [1.54, 1.807) is 12.5 Å². The van der Waals surface area contributed by atoms with Crippen molar-refractivity contribution in [1.82, 2.24) is 9.55 Å². The second-order valence-electron chi connectivity index (χ2n) is 4.30. The molecule has 18 heavy (non-hydrogen) atoms. The zero-order valence-corrected chi connectivity index (χ0v) is 9.76. The molecule has 5 heteroatoms. The van der Waals surface area contributed by atoms with E-state index in [-0.39, 0.29) is 18.3 Å². The molecule has 0 spiro atoms. The SMILES string of the molecule is Cn1cncc1C1CC(=O)c2cc(F)ccc2O1. The lowest BCUT2D eigenvalue weighted by molar-refractivity contribution is 0.0840. The van der Waals surface area contributed by atoms with Crippen molar-refractivity contribution in [1.29, 1.82) is 0 Å². The maximum Gasteiger partial charge on any atom is 0.170 e. The van der Waals surface area contributed by atoms with Gasteiger partial charge in [-0.1, -0.05) is 0 Å². The summed E-state index contributed by atoms with van der Waals surface area (Å²) < 4.78 is 20.6. The number of hydrogen-bond acceptors (Lipinski definition) is 3. The van der Waals surface area contributed by atoms with Crippen LogP contribution in [0.5, 0.6) is 5.75 Å². The monoisotopic (exact) mass is 246 g/mol. The highest BCUT2D eigenvalue weighted by Crippen LogP contribution is 2.34. The van der Waals surface area contributed by atoms with Gasteiger partial charge in [-0.15, -0.1) is 0 Å². The Labute approximate surface area is 103 Å². The van der Waals surface area contributed by atoms with Crippen LogP contribution in [0.1, 0.15) is 28.6 Å². The Bertz CT molecular complexity index is 621. The molecule has 2 aromatic rings. The van der Waals surface area contributed by atoms with Crippen LogP contribution in [0.3, 0.4) is 0 Å². The molecule has 0 saturated heterocycles. The van der Waals surface area contributed by atoms with Gasteiger partial charge < -0.3 is 9.30 Å². The van der Waals surface area contributed by atoms with Crippen LogP contribution < -0.4 is 4.74 Å². The maximum absolute atomic E-state index is 13.1. The maximum atomic E-state index is 13.1. The van der Waals surface area contributed by atoms with Crippen molar-refractivity contribution in [2.75, 3.05) is 0 Å². The third-order valence-corrected chi connectivity index (χ3v) is 3.07. The molecule has 92 valence electrons. The van der Waals surface area contributed by atoms with Crippen molar-refractivity contribution in [3.05, 3.63) is 47.8 Å². The van der Waals surface area contributed by atoms with E-state index in [4.69, 9.17) is 4.74 Å². The molecule has 0 bridgehead atoms. The van der Waals surface area contributed by atoms with E-state index in [0.717, 1.165) is 5.69 Å². The zero-order valence-electron chi connectivity index (χ0n) is 9.76. The molecule has 4 nitrogen and oxygen atoms in total. The number of rotatable bonds is 1. The third kappa shape index (κ3) is 1.68. The molecule has 1 aliphatic heterocycles. The second kappa shape index (κ2) is 3.94. The van der Waals surface area contributed by atoms with Crippen LogP contribution in [-0.4, -0.2) is 15.3 Å². The van der Waals surface area contributed by atoms with Crippen molar-refractivity contribution in [3.8, 4) is 5.75 Å². The molecule has 0 amide bonds. The fourth-order valence-electron chi connectivity index (χ4n) is 2.14. The highest BCUT2D eigenvalue weighted by Gasteiger charge is 2.29. The van der Waals surface area contributed by atoms with Crippen LogP contribution in [0.15, 0.2) is 30.7 Å². The molecule has 1 aliphatic rings. The number of carbonyl (C=O) groups is 1. The minimum absolute atomic E-state index is 0.109. The summed E-state index contributed by atoms with van der Waals surface area (Å²) in [4.78, 5) is 16.0. The number of nitrogens with zero attached hydrogens (tertiary/aromatic N) is 2. The molecule has 3 rings (SSSR count). The lowest BCUT2D eigenvalue weighted by Crippen LogP contribution is -2.22. The van der Waals surface area contributed by atoms with Crippen molar-refractivity contribution in [2.24, 2.45) is 7.05 Å². The van der Waals surface area contributed by atoms with Gasteiger partial charge >= 0.3 is 0 Å². The largest absolute Gasteiger partial charge is 0.483 e. The number of imidazole rings is 1. The van der Waals surface area contributed by atoms with E-state index < -0.39 is 5.82 Å². The van der Waals surface area contributed by atoms with E-state index in [2.05, 4.69) is 4.98 Å². The first-order chi connectivity index (χ1) is 8.65. The van der Waals surface area contributed by atoms with Gasteiger partial charge in [-0.25, -0.2) is 9.37 Å². The van der Waals surface area contributed by atoms with E-state index in [0.29, 0.717) is 11.3 Å². The standard InChI is InChI=1S/C13H11FN2O2/c1-16-7-15-6-10(16)13-5-11(17)9-4-8(14)2-3-12(9)18-13/h2-4,6-7,13H,5H2,1H3. The molecule has 0 N–H and O–H groups in total. The van der Waals surface area contributed by atoms with Crippen LogP contribution in [0.2, 0.25) is 0 Å². The number of aromatic nitrogens is 2. The van der Waals surface area contributed by atoms with Crippen molar-refractivity contribution in [2.45, 2.75) is 12.5 Å². The number of ketones is 1. The van der Waals surface area contributed by atoms with Crippen molar-refractivity contribution >= 4 is 5.78 Å². The van der Waals surface area contributed by atoms with Crippen LogP contribution >= 0.6 is 0 Å². The number of carbonyl (C=O) groups excluding carboxylic acids is 1. The first-order valence-electron chi connectivity index (χ1n) is 5.61. The quantitative estimate of drug-likeness (QED) is 0.775. The summed E-state index contributed by atoms with van der Waals surface area (Å²) >= 11 is 0. The first kappa shape index (κ1) is 11.0. The summed E-state index contributed by atoms with van der Waals surface area (Å²) in [6.45, 7) is 0. The molecule has 0 aliphatic carbocycles. The molecule has 1 atom stereocenters. The summed E-state index contributed by atoms with van der Waals surface area (Å²) in [5, 5.41) is 0. The Morgan fingerprint density at radius 2 is 2.33 bits per heavy atom. The van der Waals surface area contributed by atoms with Gasteiger partial charge in [0.1, 0.15) is 17.7 Å². The van der Waals surface area contributed by atoms with E-state index >= 15 is 0 Å². The Kier molecular flexibility index (Phi) is 2.40. The molecular weight excluding hydrogens is 235 g/mol. The molecule has 0 saturated carbocycles. The highest BCUT2D eigenvalue weighted by atomic mass is 19.1. The number of fused-ring (bicyclic) bond motifs is 1. The van der Waals surface area contributed by atoms with Gasteiger partial charge in [0.05, 0.1) is 30.2 Å². The fraction of sp³-hybridized carbons (Fsp3) is 0.231. The third-order valence-electron chi connectivity index (χ3n) is 3.07. The predicted molar refractivity (Wildman–Crippen MR) is 61.9 cm³/mol. The highest BCUT2D eigenvalue weighted by molar-refractivity contribution is 5.99. The lowest BCUT2D eigenvalue weighted by Gasteiger charge is -2.25. The minimum atomic E-state index is -0.426. The molecule has 0 radical (unpaired) electrons. The van der Waals surface area contributed by atoms with Gasteiger partial charge in [-0.3, -0.25) is 4.79 Å². The zero-order chi connectivity index (χ0) is 12.7. The topological polar surface area (TPSA) is 44.1 Å². The number of benzene rings is 1. The average molecular weight is 246 g/mol. The first-order valence-corrected chi connectivity index (χ1v) is 5.61. The number of aryl methyl sites for hydroxylation is 1. The molecule has 0 fully saturated rings. The molecule has 1 unspecified atom stereocenters. The smallest absolute Gasteiger partial charge is 0.170 e. The normalized spacial score (nSPS) is 18.3.